The van der Waals surface area contributed by atoms with Gasteiger partial charge >= 0.3 is 0 Å². The van der Waals surface area contributed by atoms with Gasteiger partial charge in [-0.1, -0.05) is 58.3 Å². The fourth-order valence-corrected chi connectivity index (χ4v) is 5.47. The third kappa shape index (κ3) is 3.55. The molecule has 3 heteroatoms. The van der Waals surface area contributed by atoms with E-state index in [0.717, 1.165) is 24.1 Å². The van der Waals surface area contributed by atoms with Crippen molar-refractivity contribution in [2.24, 2.45) is 11.7 Å². The van der Waals surface area contributed by atoms with Crippen LogP contribution in [0.25, 0.3) is 0 Å². The van der Waals surface area contributed by atoms with Gasteiger partial charge in [0, 0.05) is 11.6 Å². The number of allylic oxidation sites excluding steroid dienone is 3. The standard InChI is InChI=1S/C17H30N2Si/c1-6-8-10-13-14(11-9-7-2)17(20(3,4)5)16(19)15(13)12-18/h13H,6-11,19H2,1-5H3. The van der Waals surface area contributed by atoms with E-state index in [2.05, 4.69) is 39.6 Å². The Morgan fingerprint density at radius 3 is 2.20 bits per heavy atom. The number of hydrogen-bond donors (Lipinski definition) is 1. The van der Waals surface area contributed by atoms with Gasteiger partial charge in [-0.25, -0.2) is 0 Å². The van der Waals surface area contributed by atoms with Crippen molar-refractivity contribution in [2.75, 3.05) is 0 Å². The van der Waals surface area contributed by atoms with Crippen LogP contribution in [0.4, 0.5) is 0 Å². The molecule has 1 aliphatic carbocycles. The smallest absolute Gasteiger partial charge is 0.0975 e. The van der Waals surface area contributed by atoms with Crippen molar-refractivity contribution in [1.29, 1.82) is 5.26 Å². The Balaban J connectivity index is 3.24. The molecule has 2 N–H and O–H groups in total. The molecule has 1 rings (SSSR count). The van der Waals surface area contributed by atoms with Gasteiger partial charge < -0.3 is 5.73 Å². The van der Waals surface area contributed by atoms with Gasteiger partial charge in [0.25, 0.3) is 0 Å². The van der Waals surface area contributed by atoms with E-state index in [4.69, 9.17) is 5.73 Å². The molecule has 0 saturated carbocycles. The third-order valence-corrected chi connectivity index (χ3v) is 6.26. The van der Waals surface area contributed by atoms with Crippen molar-refractivity contribution in [1.82, 2.24) is 0 Å². The van der Waals surface area contributed by atoms with Crippen LogP contribution in [0.1, 0.15) is 52.4 Å². The van der Waals surface area contributed by atoms with Gasteiger partial charge in [0.2, 0.25) is 0 Å². The molecule has 0 saturated heterocycles. The largest absolute Gasteiger partial charge is 0.398 e. The average Bonchev–Trinajstić information content (AvgIpc) is 2.64. The maximum Gasteiger partial charge on any atom is 0.0975 e. The molecular formula is C17H30N2Si. The highest BCUT2D eigenvalue weighted by Gasteiger charge is 2.37. The highest BCUT2D eigenvalue weighted by atomic mass is 28.3. The lowest BCUT2D eigenvalue weighted by atomic mass is 9.88. The molecule has 0 fully saturated rings. The Morgan fingerprint density at radius 2 is 1.75 bits per heavy atom. The first-order chi connectivity index (χ1) is 9.38. The molecule has 0 aromatic carbocycles. The molecular weight excluding hydrogens is 260 g/mol. The van der Waals surface area contributed by atoms with Gasteiger partial charge in [-0.05, 0) is 24.5 Å². The first-order valence-corrected chi connectivity index (χ1v) is 11.5. The van der Waals surface area contributed by atoms with Crippen molar-refractivity contribution < 1.29 is 0 Å². The second-order valence-corrected chi connectivity index (χ2v) is 11.9. The zero-order valence-corrected chi connectivity index (χ0v) is 14.8. The van der Waals surface area contributed by atoms with E-state index >= 15 is 0 Å². The van der Waals surface area contributed by atoms with E-state index in [1.54, 1.807) is 0 Å². The van der Waals surface area contributed by atoms with Crippen LogP contribution in [-0.2, 0) is 0 Å². The fourth-order valence-electron chi connectivity index (χ4n) is 3.26. The van der Waals surface area contributed by atoms with Crippen molar-refractivity contribution >= 4 is 8.07 Å². The quantitative estimate of drug-likeness (QED) is 0.677. The number of nitriles is 1. The monoisotopic (exact) mass is 290 g/mol. The lowest BCUT2D eigenvalue weighted by Gasteiger charge is -2.23. The van der Waals surface area contributed by atoms with Crippen LogP contribution < -0.4 is 5.73 Å². The first kappa shape index (κ1) is 17.0. The minimum Gasteiger partial charge on any atom is -0.398 e. The van der Waals surface area contributed by atoms with Crippen LogP contribution >= 0.6 is 0 Å². The number of nitrogens with zero attached hydrogens (tertiary/aromatic N) is 1. The summed E-state index contributed by atoms with van der Waals surface area (Å²) in [6.07, 6.45) is 6.97. The van der Waals surface area contributed by atoms with Gasteiger partial charge in [-0.3, -0.25) is 0 Å². The van der Waals surface area contributed by atoms with E-state index in [-0.39, 0.29) is 0 Å². The van der Waals surface area contributed by atoms with Crippen LogP contribution in [0.15, 0.2) is 22.0 Å². The Labute approximate surface area is 125 Å². The van der Waals surface area contributed by atoms with Crippen LogP contribution in [0, 0.1) is 17.2 Å². The number of hydrogen-bond acceptors (Lipinski definition) is 2. The van der Waals surface area contributed by atoms with Gasteiger partial charge in [-0.15, -0.1) is 0 Å². The summed E-state index contributed by atoms with van der Waals surface area (Å²) >= 11 is 0. The zero-order valence-electron chi connectivity index (χ0n) is 13.8. The van der Waals surface area contributed by atoms with E-state index in [9.17, 15) is 5.26 Å². The molecule has 0 radical (unpaired) electrons. The van der Waals surface area contributed by atoms with Gasteiger partial charge in [0.15, 0.2) is 0 Å². The summed E-state index contributed by atoms with van der Waals surface area (Å²) in [5.74, 6) is 0.313. The maximum atomic E-state index is 9.53. The lowest BCUT2D eigenvalue weighted by molar-refractivity contribution is 0.582. The summed E-state index contributed by atoms with van der Waals surface area (Å²) in [5, 5.41) is 10.9. The minimum atomic E-state index is -1.49. The van der Waals surface area contributed by atoms with E-state index in [0.29, 0.717) is 5.92 Å². The van der Waals surface area contributed by atoms with E-state index in [1.807, 2.05) is 0 Å². The predicted octanol–water partition coefficient (Wildman–Crippen LogP) is 4.91. The summed E-state index contributed by atoms with van der Waals surface area (Å²) in [5.41, 5.74) is 9.58. The molecule has 1 aliphatic rings. The van der Waals surface area contributed by atoms with Crippen LogP contribution in [0.3, 0.4) is 0 Å². The summed E-state index contributed by atoms with van der Waals surface area (Å²) in [7, 11) is -1.49. The maximum absolute atomic E-state index is 9.53. The topological polar surface area (TPSA) is 49.8 Å². The molecule has 0 aromatic rings. The normalized spacial score (nSPS) is 19.7. The molecule has 2 nitrogen and oxygen atoms in total. The van der Waals surface area contributed by atoms with Gasteiger partial charge in [-0.2, -0.15) is 5.26 Å². The second-order valence-electron chi connectivity index (χ2n) is 6.89. The highest BCUT2D eigenvalue weighted by molar-refractivity contribution is 6.84. The molecule has 20 heavy (non-hydrogen) atoms. The van der Waals surface area contributed by atoms with E-state index < -0.39 is 8.07 Å². The number of nitrogens with two attached hydrogens (primary N) is 1. The highest BCUT2D eigenvalue weighted by Crippen LogP contribution is 2.43. The van der Waals surface area contributed by atoms with Crippen molar-refractivity contribution in [2.45, 2.75) is 72.0 Å². The molecule has 1 unspecified atom stereocenters. The van der Waals surface area contributed by atoms with E-state index in [1.165, 1.54) is 36.5 Å². The Hall–Kier alpha value is -1.01. The molecule has 0 bridgehead atoms. The van der Waals surface area contributed by atoms with Crippen LogP contribution in [-0.4, -0.2) is 8.07 Å². The fraction of sp³-hybridized carbons (Fsp3) is 0.706. The van der Waals surface area contributed by atoms with Crippen LogP contribution in [0.5, 0.6) is 0 Å². The lowest BCUT2D eigenvalue weighted by Crippen LogP contribution is -2.28. The number of rotatable bonds is 7. The molecule has 0 aromatic heterocycles. The summed E-state index contributed by atoms with van der Waals surface area (Å²) in [4.78, 5) is 0. The molecule has 112 valence electrons. The SMILES string of the molecule is CCCCC1=C([Si](C)(C)C)C(N)=C(C#N)C1CCCC. The van der Waals surface area contributed by atoms with Gasteiger partial charge in [0.05, 0.1) is 19.7 Å². The van der Waals surface area contributed by atoms with Crippen molar-refractivity contribution in [3.63, 3.8) is 0 Å². The van der Waals surface area contributed by atoms with Crippen molar-refractivity contribution in [3.8, 4) is 6.07 Å². The molecule has 0 amide bonds. The summed E-state index contributed by atoms with van der Waals surface area (Å²) in [6, 6.07) is 2.42. The Kier molecular flexibility index (Phi) is 6.07. The Morgan fingerprint density at radius 1 is 1.15 bits per heavy atom. The Bertz CT molecular complexity index is 447. The molecule has 0 heterocycles. The van der Waals surface area contributed by atoms with Crippen LogP contribution in [0.2, 0.25) is 19.6 Å². The molecule has 0 spiro atoms. The number of unbranched alkanes of at least 4 members (excludes halogenated alkanes) is 2. The minimum absolute atomic E-state index is 0.313. The van der Waals surface area contributed by atoms with Gasteiger partial charge in [0.1, 0.15) is 0 Å². The second kappa shape index (κ2) is 7.13. The average molecular weight is 291 g/mol. The molecule has 1 atom stereocenters. The third-order valence-electron chi connectivity index (χ3n) is 4.17. The summed E-state index contributed by atoms with van der Waals surface area (Å²) in [6.45, 7) is 11.5. The van der Waals surface area contributed by atoms with Crippen molar-refractivity contribution in [3.05, 3.63) is 22.0 Å². The summed E-state index contributed by atoms with van der Waals surface area (Å²) < 4.78 is 0. The molecule has 0 aliphatic heterocycles. The zero-order chi connectivity index (χ0) is 15.3. The predicted molar refractivity (Wildman–Crippen MR) is 89.7 cm³/mol. The first-order valence-electron chi connectivity index (χ1n) is 8.02.